The van der Waals surface area contributed by atoms with E-state index in [0.29, 0.717) is 19.4 Å². The van der Waals surface area contributed by atoms with Crippen LogP contribution in [0.25, 0.3) is 0 Å². The Balaban J connectivity index is 2.01. The maximum Gasteiger partial charge on any atom is 0.240 e. The molecule has 2 heterocycles. The lowest BCUT2D eigenvalue weighted by atomic mass is 10.2. The van der Waals surface area contributed by atoms with E-state index in [0.717, 1.165) is 11.3 Å². The number of thiophene rings is 1. The number of primary amides is 1. The van der Waals surface area contributed by atoms with Crippen molar-refractivity contribution in [1.29, 1.82) is 0 Å². The second-order valence-electron chi connectivity index (χ2n) is 3.90. The molecule has 1 fully saturated rings. The number of likely N-dealkylation sites (tertiary alicyclic amines) is 1. The molecule has 2 N–H and O–H groups in total. The van der Waals surface area contributed by atoms with E-state index >= 15 is 0 Å². The van der Waals surface area contributed by atoms with Gasteiger partial charge < -0.3 is 10.6 Å². The number of nitrogens with zero attached hydrogens (tertiary/aromatic N) is 1. The fourth-order valence-electron chi connectivity index (χ4n) is 2.02. The Morgan fingerprint density at radius 1 is 1.56 bits per heavy atom. The zero-order valence-electron chi connectivity index (χ0n) is 8.89. The lowest BCUT2D eigenvalue weighted by molar-refractivity contribution is -0.136. The van der Waals surface area contributed by atoms with Crippen molar-refractivity contribution in [2.45, 2.75) is 25.3 Å². The minimum Gasteiger partial charge on any atom is -0.368 e. The van der Waals surface area contributed by atoms with Crippen LogP contribution in [0.5, 0.6) is 0 Å². The van der Waals surface area contributed by atoms with E-state index in [2.05, 4.69) is 0 Å². The van der Waals surface area contributed by atoms with Crippen molar-refractivity contribution < 1.29 is 9.59 Å². The Bertz CT molecular complexity index is 389. The van der Waals surface area contributed by atoms with Crippen LogP contribution in [0.3, 0.4) is 0 Å². The molecule has 16 heavy (non-hydrogen) atoms. The first-order chi connectivity index (χ1) is 7.68. The van der Waals surface area contributed by atoms with Gasteiger partial charge in [0.1, 0.15) is 6.04 Å². The summed E-state index contributed by atoms with van der Waals surface area (Å²) in [6, 6.07) is 3.45. The maximum atomic E-state index is 12.0. The van der Waals surface area contributed by atoms with E-state index in [9.17, 15) is 9.59 Å². The topological polar surface area (TPSA) is 63.4 Å². The molecule has 0 aliphatic carbocycles. The Morgan fingerprint density at radius 3 is 3.00 bits per heavy atom. The van der Waals surface area contributed by atoms with Gasteiger partial charge in [-0.1, -0.05) is 6.07 Å². The maximum absolute atomic E-state index is 12.0. The van der Waals surface area contributed by atoms with Gasteiger partial charge in [0, 0.05) is 11.4 Å². The number of hydrogen-bond acceptors (Lipinski definition) is 3. The van der Waals surface area contributed by atoms with Gasteiger partial charge in [-0.25, -0.2) is 0 Å². The largest absolute Gasteiger partial charge is 0.368 e. The average molecular weight is 238 g/mol. The molecule has 5 heteroatoms. The summed E-state index contributed by atoms with van der Waals surface area (Å²) < 4.78 is 0. The third-order valence-corrected chi connectivity index (χ3v) is 3.68. The lowest BCUT2D eigenvalue weighted by Gasteiger charge is -2.21. The molecule has 0 radical (unpaired) electrons. The van der Waals surface area contributed by atoms with Gasteiger partial charge in [-0.15, -0.1) is 11.3 Å². The van der Waals surface area contributed by atoms with Gasteiger partial charge in [-0.3, -0.25) is 9.59 Å². The van der Waals surface area contributed by atoms with Crippen molar-refractivity contribution in [2.24, 2.45) is 5.73 Å². The number of hydrogen-bond donors (Lipinski definition) is 1. The molecule has 1 aliphatic rings. The zero-order chi connectivity index (χ0) is 11.5. The molecule has 2 amide bonds. The van der Waals surface area contributed by atoms with Crippen molar-refractivity contribution >= 4 is 23.2 Å². The average Bonchev–Trinajstić information content (AvgIpc) is 2.86. The summed E-state index contributed by atoms with van der Waals surface area (Å²) in [5, 5.41) is 1.94. The van der Waals surface area contributed by atoms with E-state index in [-0.39, 0.29) is 5.91 Å². The second-order valence-corrected chi connectivity index (χ2v) is 4.94. The summed E-state index contributed by atoms with van der Waals surface area (Å²) in [4.78, 5) is 25.7. The van der Waals surface area contributed by atoms with Crippen LogP contribution >= 0.6 is 11.3 Å². The van der Waals surface area contributed by atoms with E-state index in [4.69, 9.17) is 5.73 Å². The molecular weight excluding hydrogens is 224 g/mol. The fraction of sp³-hybridized carbons (Fsp3) is 0.455. The molecule has 1 atom stereocenters. The van der Waals surface area contributed by atoms with Gasteiger partial charge in [0.05, 0.1) is 6.42 Å². The summed E-state index contributed by atoms with van der Waals surface area (Å²) in [5.41, 5.74) is 5.27. The Kier molecular flexibility index (Phi) is 3.24. The van der Waals surface area contributed by atoms with Crippen LogP contribution in [0.2, 0.25) is 0 Å². The highest BCUT2D eigenvalue weighted by Gasteiger charge is 2.32. The SMILES string of the molecule is NC(=O)[C@@H]1CCCN1C(=O)Cc1cccs1. The Hall–Kier alpha value is -1.36. The molecule has 0 bridgehead atoms. The molecule has 1 aliphatic heterocycles. The Morgan fingerprint density at radius 2 is 2.38 bits per heavy atom. The van der Waals surface area contributed by atoms with Crippen LogP contribution in [0.15, 0.2) is 17.5 Å². The van der Waals surface area contributed by atoms with Crippen molar-refractivity contribution in [3.05, 3.63) is 22.4 Å². The van der Waals surface area contributed by atoms with Crippen molar-refractivity contribution in [3.63, 3.8) is 0 Å². The monoisotopic (exact) mass is 238 g/mol. The van der Waals surface area contributed by atoms with Gasteiger partial charge in [-0.05, 0) is 24.3 Å². The predicted octanol–water partition coefficient (Wildman–Crippen LogP) is 0.767. The van der Waals surface area contributed by atoms with Crippen LogP contribution in [0, 0.1) is 0 Å². The fourth-order valence-corrected chi connectivity index (χ4v) is 2.72. The summed E-state index contributed by atoms with van der Waals surface area (Å²) in [7, 11) is 0. The molecule has 2 rings (SSSR count). The molecule has 0 saturated carbocycles. The van der Waals surface area contributed by atoms with Crippen molar-refractivity contribution in [1.82, 2.24) is 4.90 Å². The van der Waals surface area contributed by atoms with Crippen LogP contribution < -0.4 is 5.73 Å². The first-order valence-electron chi connectivity index (χ1n) is 5.29. The van der Waals surface area contributed by atoms with E-state index in [1.54, 1.807) is 16.2 Å². The van der Waals surface area contributed by atoms with Gasteiger partial charge in [0.2, 0.25) is 11.8 Å². The summed E-state index contributed by atoms with van der Waals surface area (Å²) in [6.45, 7) is 0.651. The molecule has 0 spiro atoms. The summed E-state index contributed by atoms with van der Waals surface area (Å²) >= 11 is 1.56. The quantitative estimate of drug-likeness (QED) is 0.845. The third kappa shape index (κ3) is 2.24. The van der Waals surface area contributed by atoms with Gasteiger partial charge in [0.25, 0.3) is 0 Å². The van der Waals surface area contributed by atoms with E-state index in [1.807, 2.05) is 17.5 Å². The minimum atomic E-state index is -0.396. The van der Waals surface area contributed by atoms with E-state index in [1.165, 1.54) is 0 Å². The number of carbonyl (C=O) groups is 2. The predicted molar refractivity (Wildman–Crippen MR) is 62.0 cm³/mol. The molecule has 1 aromatic heterocycles. The molecule has 4 nitrogen and oxygen atoms in total. The normalized spacial score (nSPS) is 20.0. The molecular formula is C11H14N2O2S. The molecule has 1 saturated heterocycles. The number of carbonyl (C=O) groups excluding carboxylic acids is 2. The van der Waals surface area contributed by atoms with E-state index < -0.39 is 11.9 Å². The summed E-state index contributed by atoms with van der Waals surface area (Å²) in [5.74, 6) is -0.388. The van der Waals surface area contributed by atoms with Gasteiger partial charge >= 0.3 is 0 Å². The van der Waals surface area contributed by atoms with Crippen molar-refractivity contribution in [2.75, 3.05) is 6.54 Å². The highest BCUT2D eigenvalue weighted by atomic mass is 32.1. The standard InChI is InChI=1S/C11H14N2O2S/c12-11(15)9-4-1-5-13(9)10(14)7-8-3-2-6-16-8/h2-3,6,9H,1,4-5,7H2,(H2,12,15)/t9-/m0/s1. The number of amides is 2. The van der Waals surface area contributed by atoms with Gasteiger partial charge in [-0.2, -0.15) is 0 Å². The molecule has 1 aromatic rings. The minimum absolute atomic E-state index is 0.00347. The number of rotatable bonds is 3. The lowest BCUT2D eigenvalue weighted by Crippen LogP contribution is -2.44. The third-order valence-electron chi connectivity index (χ3n) is 2.81. The Labute approximate surface area is 98.0 Å². The molecule has 86 valence electrons. The number of nitrogens with two attached hydrogens (primary N) is 1. The zero-order valence-corrected chi connectivity index (χ0v) is 9.70. The first-order valence-corrected chi connectivity index (χ1v) is 6.17. The van der Waals surface area contributed by atoms with Crippen molar-refractivity contribution in [3.8, 4) is 0 Å². The molecule has 0 unspecified atom stereocenters. The van der Waals surface area contributed by atoms with Crippen LogP contribution in [-0.4, -0.2) is 29.3 Å². The highest BCUT2D eigenvalue weighted by molar-refractivity contribution is 7.10. The first kappa shape index (κ1) is 11.1. The van der Waals surface area contributed by atoms with Crippen LogP contribution in [0.1, 0.15) is 17.7 Å². The second kappa shape index (κ2) is 4.65. The van der Waals surface area contributed by atoms with Crippen LogP contribution in [0.4, 0.5) is 0 Å². The smallest absolute Gasteiger partial charge is 0.240 e. The molecule has 0 aromatic carbocycles. The summed E-state index contributed by atoms with van der Waals surface area (Å²) in [6.07, 6.45) is 1.94. The van der Waals surface area contributed by atoms with Crippen LogP contribution in [-0.2, 0) is 16.0 Å². The van der Waals surface area contributed by atoms with Gasteiger partial charge in [0.15, 0.2) is 0 Å². The highest BCUT2D eigenvalue weighted by Crippen LogP contribution is 2.19.